The smallest absolute Gasteiger partial charge is 0.123 e. The molecule has 1 aliphatic rings. The first-order valence-corrected chi connectivity index (χ1v) is 6.49. The van der Waals surface area contributed by atoms with E-state index in [1.165, 1.54) is 11.1 Å². The van der Waals surface area contributed by atoms with Crippen LogP contribution in [0.1, 0.15) is 38.3 Å². The summed E-state index contributed by atoms with van der Waals surface area (Å²) in [6.45, 7) is 7.33. The van der Waals surface area contributed by atoms with Gasteiger partial charge < -0.3 is 10.5 Å². The molecule has 2 nitrogen and oxygen atoms in total. The van der Waals surface area contributed by atoms with Crippen LogP contribution >= 0.6 is 0 Å². The van der Waals surface area contributed by atoms with Gasteiger partial charge in [-0.05, 0) is 48.9 Å². The first kappa shape index (κ1) is 12.4. The van der Waals surface area contributed by atoms with Gasteiger partial charge in [0, 0.05) is 6.42 Å². The Bertz CT molecular complexity index is 398. The maximum Gasteiger partial charge on any atom is 0.123 e. The Morgan fingerprint density at radius 2 is 2.18 bits per heavy atom. The van der Waals surface area contributed by atoms with Crippen molar-refractivity contribution in [1.29, 1.82) is 0 Å². The lowest BCUT2D eigenvalue weighted by molar-refractivity contribution is 0.254. The molecular weight excluding hydrogens is 210 g/mol. The van der Waals surface area contributed by atoms with Crippen LogP contribution in [0, 0.1) is 5.41 Å². The molecule has 1 aromatic rings. The Hall–Kier alpha value is -1.02. The second kappa shape index (κ2) is 4.69. The van der Waals surface area contributed by atoms with Crippen LogP contribution in [0.5, 0.6) is 5.75 Å². The van der Waals surface area contributed by atoms with E-state index in [0.29, 0.717) is 6.10 Å². The lowest BCUT2D eigenvalue weighted by Gasteiger charge is -2.22. The highest BCUT2D eigenvalue weighted by atomic mass is 16.5. The Labute approximate surface area is 104 Å². The molecule has 0 saturated heterocycles. The molecule has 0 radical (unpaired) electrons. The molecule has 1 aliphatic heterocycles. The summed E-state index contributed by atoms with van der Waals surface area (Å²) in [7, 11) is 0. The average Bonchev–Trinajstić information content (AvgIpc) is 2.66. The van der Waals surface area contributed by atoms with Gasteiger partial charge in [-0.15, -0.1) is 0 Å². The summed E-state index contributed by atoms with van der Waals surface area (Å²) >= 11 is 0. The van der Waals surface area contributed by atoms with Gasteiger partial charge in [-0.2, -0.15) is 0 Å². The van der Waals surface area contributed by atoms with E-state index in [2.05, 4.69) is 39.0 Å². The Morgan fingerprint density at radius 1 is 1.41 bits per heavy atom. The SMILES string of the molecule is CC1Cc2cc(CCC(C)(C)CN)ccc2O1. The van der Waals surface area contributed by atoms with E-state index >= 15 is 0 Å². The second-order valence-electron chi connectivity index (χ2n) is 5.94. The maximum absolute atomic E-state index is 5.76. The first-order chi connectivity index (χ1) is 8.00. The number of ether oxygens (including phenoxy) is 1. The number of hydrogen-bond donors (Lipinski definition) is 1. The molecule has 0 bridgehead atoms. The van der Waals surface area contributed by atoms with Gasteiger partial charge >= 0.3 is 0 Å². The van der Waals surface area contributed by atoms with Gasteiger partial charge in [0.05, 0.1) is 0 Å². The number of rotatable bonds is 4. The third-order valence-corrected chi connectivity index (χ3v) is 3.60. The van der Waals surface area contributed by atoms with Crippen molar-refractivity contribution in [3.63, 3.8) is 0 Å². The quantitative estimate of drug-likeness (QED) is 0.868. The third kappa shape index (κ3) is 3.01. The summed E-state index contributed by atoms with van der Waals surface area (Å²) in [5.41, 5.74) is 8.76. The highest BCUT2D eigenvalue weighted by molar-refractivity contribution is 5.40. The van der Waals surface area contributed by atoms with Gasteiger partial charge in [0.2, 0.25) is 0 Å². The van der Waals surface area contributed by atoms with Crippen molar-refractivity contribution in [2.45, 2.75) is 46.1 Å². The minimum atomic E-state index is 0.239. The molecule has 1 unspecified atom stereocenters. The van der Waals surface area contributed by atoms with Crippen LogP contribution in [0.4, 0.5) is 0 Å². The Kier molecular flexibility index (Phi) is 3.43. The number of benzene rings is 1. The van der Waals surface area contributed by atoms with E-state index in [-0.39, 0.29) is 5.41 Å². The van der Waals surface area contributed by atoms with Crippen molar-refractivity contribution in [3.8, 4) is 5.75 Å². The number of nitrogens with two attached hydrogens (primary N) is 1. The summed E-state index contributed by atoms with van der Waals surface area (Å²) in [6.07, 6.45) is 3.62. The molecule has 17 heavy (non-hydrogen) atoms. The molecule has 94 valence electrons. The highest BCUT2D eigenvalue weighted by Crippen LogP contribution is 2.30. The van der Waals surface area contributed by atoms with Crippen LogP contribution in [-0.2, 0) is 12.8 Å². The molecule has 2 rings (SSSR count). The lowest BCUT2D eigenvalue weighted by Crippen LogP contribution is -2.24. The van der Waals surface area contributed by atoms with Crippen molar-refractivity contribution in [2.24, 2.45) is 11.1 Å². The van der Waals surface area contributed by atoms with Crippen molar-refractivity contribution < 1.29 is 4.74 Å². The highest BCUT2D eigenvalue weighted by Gasteiger charge is 2.20. The fourth-order valence-electron chi connectivity index (χ4n) is 2.22. The fraction of sp³-hybridized carbons (Fsp3) is 0.600. The van der Waals surface area contributed by atoms with Gasteiger partial charge in [-0.1, -0.05) is 26.0 Å². The van der Waals surface area contributed by atoms with E-state index in [4.69, 9.17) is 10.5 Å². The zero-order chi connectivity index (χ0) is 12.5. The summed E-state index contributed by atoms with van der Waals surface area (Å²) in [5.74, 6) is 1.07. The van der Waals surface area contributed by atoms with Gasteiger partial charge in [-0.25, -0.2) is 0 Å². The van der Waals surface area contributed by atoms with Crippen LogP contribution in [0.25, 0.3) is 0 Å². The number of fused-ring (bicyclic) bond motifs is 1. The molecular formula is C15H23NO. The molecule has 0 spiro atoms. The van der Waals surface area contributed by atoms with Gasteiger partial charge in [0.25, 0.3) is 0 Å². The van der Waals surface area contributed by atoms with E-state index in [0.717, 1.165) is 31.6 Å². The molecule has 0 aromatic heterocycles. The summed E-state index contributed by atoms with van der Waals surface area (Å²) in [4.78, 5) is 0. The Balaban J connectivity index is 2.02. The standard InChI is InChI=1S/C15H23NO/c1-11-8-13-9-12(4-5-14(13)17-11)6-7-15(2,3)10-16/h4-5,9,11H,6-8,10,16H2,1-3H3. The molecule has 1 heterocycles. The molecule has 2 N–H and O–H groups in total. The summed E-state index contributed by atoms with van der Waals surface area (Å²) in [5, 5.41) is 0. The Morgan fingerprint density at radius 3 is 2.88 bits per heavy atom. The lowest BCUT2D eigenvalue weighted by atomic mass is 9.86. The average molecular weight is 233 g/mol. The van der Waals surface area contributed by atoms with Crippen LogP contribution < -0.4 is 10.5 Å². The molecule has 0 aliphatic carbocycles. The van der Waals surface area contributed by atoms with E-state index < -0.39 is 0 Å². The summed E-state index contributed by atoms with van der Waals surface area (Å²) < 4.78 is 5.71. The molecule has 0 amide bonds. The normalized spacial score (nSPS) is 18.9. The van der Waals surface area contributed by atoms with Gasteiger partial charge in [0.1, 0.15) is 11.9 Å². The molecule has 1 aromatic carbocycles. The van der Waals surface area contributed by atoms with Crippen molar-refractivity contribution in [1.82, 2.24) is 0 Å². The number of hydrogen-bond acceptors (Lipinski definition) is 2. The van der Waals surface area contributed by atoms with Crippen molar-refractivity contribution in [3.05, 3.63) is 29.3 Å². The zero-order valence-electron chi connectivity index (χ0n) is 11.1. The van der Waals surface area contributed by atoms with Crippen molar-refractivity contribution in [2.75, 3.05) is 6.54 Å². The van der Waals surface area contributed by atoms with Gasteiger partial charge in [-0.3, -0.25) is 0 Å². The van der Waals surface area contributed by atoms with Crippen LogP contribution in [0.3, 0.4) is 0 Å². The van der Waals surface area contributed by atoms with E-state index in [1.807, 2.05) is 0 Å². The third-order valence-electron chi connectivity index (χ3n) is 3.60. The second-order valence-corrected chi connectivity index (χ2v) is 5.94. The minimum Gasteiger partial charge on any atom is -0.490 e. The minimum absolute atomic E-state index is 0.239. The predicted octanol–water partition coefficient (Wildman–Crippen LogP) is 2.93. The van der Waals surface area contributed by atoms with Crippen LogP contribution in [0.15, 0.2) is 18.2 Å². The summed E-state index contributed by atoms with van der Waals surface area (Å²) in [6, 6.07) is 6.60. The van der Waals surface area contributed by atoms with Crippen LogP contribution in [0.2, 0.25) is 0 Å². The predicted molar refractivity (Wildman–Crippen MR) is 71.4 cm³/mol. The van der Waals surface area contributed by atoms with Crippen LogP contribution in [-0.4, -0.2) is 12.6 Å². The zero-order valence-corrected chi connectivity index (χ0v) is 11.1. The fourth-order valence-corrected chi connectivity index (χ4v) is 2.22. The van der Waals surface area contributed by atoms with Crippen molar-refractivity contribution >= 4 is 0 Å². The topological polar surface area (TPSA) is 35.2 Å². The molecule has 0 saturated carbocycles. The number of aryl methyl sites for hydroxylation is 1. The van der Waals surface area contributed by atoms with E-state index in [9.17, 15) is 0 Å². The first-order valence-electron chi connectivity index (χ1n) is 6.49. The monoisotopic (exact) mass is 233 g/mol. The molecule has 1 atom stereocenters. The molecule has 0 fully saturated rings. The maximum atomic E-state index is 5.76. The van der Waals surface area contributed by atoms with E-state index in [1.54, 1.807) is 0 Å². The largest absolute Gasteiger partial charge is 0.490 e. The van der Waals surface area contributed by atoms with Gasteiger partial charge in [0.15, 0.2) is 0 Å². The molecule has 2 heteroatoms.